The number of hydrogen-bond donors (Lipinski definition) is 1. The molecule has 1 saturated carbocycles. The predicted octanol–water partition coefficient (Wildman–Crippen LogP) is 1.80. The Bertz CT molecular complexity index is 654. The van der Waals surface area contributed by atoms with Gasteiger partial charge in [-0.1, -0.05) is 11.6 Å². The summed E-state index contributed by atoms with van der Waals surface area (Å²) in [6, 6.07) is 0.246. The lowest BCUT2D eigenvalue weighted by Crippen LogP contribution is -2.44. The standard InChI is InChI=1S/C15H21N5O2S/c1-9-6-11(22-18-9)13(21)20-7-12(15(8-20)4-3-5-15)17-14-16-10(2)19-23-14/h11-12H,3-8H2,1-2H3,(H,16,17,19). The number of aryl methyl sites for hydroxylation is 1. The molecule has 1 N–H and O–H groups in total. The fraction of sp³-hybridized carbons (Fsp3) is 0.733. The van der Waals surface area contributed by atoms with Crippen LogP contribution in [-0.2, 0) is 9.63 Å². The molecule has 2 unspecified atom stereocenters. The number of carbonyl (C=O) groups is 1. The van der Waals surface area contributed by atoms with Gasteiger partial charge in [-0.3, -0.25) is 4.79 Å². The second-order valence-corrected chi connectivity index (χ2v) is 7.65. The molecule has 7 nitrogen and oxygen atoms in total. The van der Waals surface area contributed by atoms with Crippen LogP contribution in [-0.4, -0.2) is 51.1 Å². The zero-order chi connectivity index (χ0) is 16.0. The van der Waals surface area contributed by atoms with E-state index in [9.17, 15) is 4.79 Å². The third kappa shape index (κ3) is 2.58. The topological polar surface area (TPSA) is 79.7 Å². The Morgan fingerprint density at radius 1 is 1.43 bits per heavy atom. The summed E-state index contributed by atoms with van der Waals surface area (Å²) in [5.74, 6) is 0.854. The molecule has 1 aromatic rings. The van der Waals surface area contributed by atoms with E-state index in [-0.39, 0.29) is 17.4 Å². The maximum atomic E-state index is 12.7. The first-order valence-electron chi connectivity index (χ1n) is 8.11. The highest BCUT2D eigenvalue weighted by Gasteiger charge is 2.52. The number of likely N-dealkylation sites (tertiary alicyclic amines) is 1. The largest absolute Gasteiger partial charge is 0.382 e. The highest BCUT2D eigenvalue weighted by atomic mass is 32.1. The van der Waals surface area contributed by atoms with Gasteiger partial charge in [-0.05, 0) is 26.7 Å². The molecule has 124 valence electrons. The Labute approximate surface area is 139 Å². The highest BCUT2D eigenvalue weighted by Crippen LogP contribution is 2.49. The second kappa shape index (κ2) is 5.43. The van der Waals surface area contributed by atoms with Crippen molar-refractivity contribution in [1.29, 1.82) is 0 Å². The molecule has 2 fully saturated rings. The van der Waals surface area contributed by atoms with E-state index in [2.05, 4.69) is 19.8 Å². The summed E-state index contributed by atoms with van der Waals surface area (Å²) in [7, 11) is 0. The van der Waals surface area contributed by atoms with E-state index in [1.54, 1.807) is 0 Å². The minimum absolute atomic E-state index is 0.0645. The van der Waals surface area contributed by atoms with Gasteiger partial charge >= 0.3 is 0 Å². The average Bonchev–Trinajstić information content (AvgIpc) is 3.17. The fourth-order valence-corrected chi connectivity index (χ4v) is 4.44. The van der Waals surface area contributed by atoms with E-state index in [4.69, 9.17) is 4.84 Å². The molecular formula is C15H21N5O2S. The molecule has 2 atom stereocenters. The molecule has 0 aromatic carbocycles. The molecule has 0 bridgehead atoms. The molecule has 3 heterocycles. The van der Waals surface area contributed by atoms with Crippen LogP contribution in [0.3, 0.4) is 0 Å². The van der Waals surface area contributed by atoms with Crippen LogP contribution in [0.1, 0.15) is 38.4 Å². The minimum atomic E-state index is -0.436. The molecule has 2 aliphatic heterocycles. The van der Waals surface area contributed by atoms with Gasteiger partial charge in [0.2, 0.25) is 11.2 Å². The molecule has 8 heteroatoms. The van der Waals surface area contributed by atoms with Gasteiger partial charge in [-0.15, -0.1) is 0 Å². The summed E-state index contributed by atoms with van der Waals surface area (Å²) < 4.78 is 4.23. The maximum absolute atomic E-state index is 12.7. The first-order chi connectivity index (χ1) is 11.1. The summed E-state index contributed by atoms with van der Waals surface area (Å²) in [5.41, 5.74) is 1.07. The second-order valence-electron chi connectivity index (χ2n) is 6.90. The van der Waals surface area contributed by atoms with Gasteiger partial charge in [0.1, 0.15) is 5.82 Å². The molecule has 4 rings (SSSR count). The number of oxime groups is 1. The van der Waals surface area contributed by atoms with Crippen LogP contribution >= 0.6 is 11.5 Å². The van der Waals surface area contributed by atoms with E-state index in [0.717, 1.165) is 36.1 Å². The Morgan fingerprint density at radius 3 is 2.83 bits per heavy atom. The van der Waals surface area contributed by atoms with E-state index in [0.29, 0.717) is 13.0 Å². The Morgan fingerprint density at radius 2 is 2.26 bits per heavy atom. The number of anilines is 1. The van der Waals surface area contributed by atoms with E-state index < -0.39 is 6.10 Å². The fourth-order valence-electron chi connectivity index (χ4n) is 3.81. The number of nitrogens with one attached hydrogen (secondary N) is 1. The first-order valence-corrected chi connectivity index (χ1v) is 8.88. The lowest BCUT2D eigenvalue weighted by Gasteiger charge is -2.42. The zero-order valence-electron chi connectivity index (χ0n) is 13.4. The number of hydrogen-bond acceptors (Lipinski definition) is 7. The lowest BCUT2D eigenvalue weighted by molar-refractivity contribution is -0.141. The molecule has 1 aromatic heterocycles. The Kier molecular flexibility index (Phi) is 3.51. The monoisotopic (exact) mass is 335 g/mol. The van der Waals surface area contributed by atoms with Gasteiger partial charge in [-0.25, -0.2) is 4.98 Å². The molecule has 1 amide bonds. The van der Waals surface area contributed by atoms with E-state index >= 15 is 0 Å². The average molecular weight is 335 g/mol. The van der Waals surface area contributed by atoms with Crippen LogP contribution in [0.15, 0.2) is 5.16 Å². The Hall–Kier alpha value is -1.70. The van der Waals surface area contributed by atoms with Crippen LogP contribution in [0.4, 0.5) is 5.13 Å². The van der Waals surface area contributed by atoms with Crippen molar-refractivity contribution in [2.75, 3.05) is 18.4 Å². The number of nitrogens with zero attached hydrogens (tertiary/aromatic N) is 4. The van der Waals surface area contributed by atoms with Crippen molar-refractivity contribution < 1.29 is 9.63 Å². The summed E-state index contributed by atoms with van der Waals surface area (Å²) in [6.07, 6.45) is 3.73. The number of rotatable bonds is 3. The van der Waals surface area contributed by atoms with Crippen molar-refractivity contribution in [3.05, 3.63) is 5.82 Å². The van der Waals surface area contributed by atoms with Crippen LogP contribution in [0.5, 0.6) is 0 Å². The van der Waals surface area contributed by atoms with Crippen LogP contribution in [0, 0.1) is 12.3 Å². The van der Waals surface area contributed by atoms with Gasteiger partial charge < -0.3 is 15.1 Å². The van der Waals surface area contributed by atoms with Gasteiger partial charge in [-0.2, -0.15) is 4.37 Å². The van der Waals surface area contributed by atoms with Crippen molar-refractivity contribution >= 4 is 28.3 Å². The summed E-state index contributed by atoms with van der Waals surface area (Å²) in [5, 5.41) is 8.28. The molecule has 1 spiro atoms. The summed E-state index contributed by atoms with van der Waals surface area (Å²) in [4.78, 5) is 24.3. The molecule has 23 heavy (non-hydrogen) atoms. The number of amides is 1. The van der Waals surface area contributed by atoms with Gasteiger partial charge in [0.05, 0.1) is 11.8 Å². The zero-order valence-corrected chi connectivity index (χ0v) is 14.2. The quantitative estimate of drug-likeness (QED) is 0.911. The molecule has 1 saturated heterocycles. The van der Waals surface area contributed by atoms with Crippen molar-refractivity contribution in [2.45, 2.75) is 51.7 Å². The lowest BCUT2D eigenvalue weighted by atomic mass is 9.66. The summed E-state index contributed by atoms with van der Waals surface area (Å²) in [6.45, 7) is 5.30. The number of aromatic nitrogens is 2. The van der Waals surface area contributed by atoms with Crippen molar-refractivity contribution in [1.82, 2.24) is 14.3 Å². The van der Waals surface area contributed by atoms with Gasteiger partial charge in [0, 0.05) is 36.5 Å². The smallest absolute Gasteiger partial charge is 0.266 e. The minimum Gasteiger partial charge on any atom is -0.382 e. The summed E-state index contributed by atoms with van der Waals surface area (Å²) >= 11 is 1.39. The van der Waals surface area contributed by atoms with Crippen LogP contribution in [0.25, 0.3) is 0 Å². The Balaban J connectivity index is 1.46. The van der Waals surface area contributed by atoms with Gasteiger partial charge in [0.15, 0.2) is 0 Å². The maximum Gasteiger partial charge on any atom is 0.266 e. The normalized spacial score (nSPS) is 28.4. The van der Waals surface area contributed by atoms with Crippen molar-refractivity contribution in [2.24, 2.45) is 10.6 Å². The third-order valence-electron chi connectivity index (χ3n) is 5.23. The molecule has 3 aliphatic rings. The van der Waals surface area contributed by atoms with Crippen LogP contribution in [0.2, 0.25) is 0 Å². The number of carbonyl (C=O) groups excluding carboxylic acids is 1. The molecule has 0 radical (unpaired) electrons. The van der Waals surface area contributed by atoms with Gasteiger partial charge in [0.25, 0.3) is 5.91 Å². The third-order valence-corrected chi connectivity index (χ3v) is 5.96. The highest BCUT2D eigenvalue weighted by molar-refractivity contribution is 7.09. The molecular weight excluding hydrogens is 314 g/mol. The predicted molar refractivity (Wildman–Crippen MR) is 87.5 cm³/mol. The van der Waals surface area contributed by atoms with E-state index in [1.165, 1.54) is 18.0 Å². The van der Waals surface area contributed by atoms with Crippen LogP contribution < -0.4 is 5.32 Å². The van der Waals surface area contributed by atoms with Crippen molar-refractivity contribution in [3.63, 3.8) is 0 Å². The molecule has 1 aliphatic carbocycles. The SMILES string of the molecule is CC1=NOC(C(=O)N2CC(Nc3nc(C)ns3)C3(CCC3)C2)C1. The van der Waals surface area contributed by atoms with Crippen molar-refractivity contribution in [3.8, 4) is 0 Å². The van der Waals surface area contributed by atoms with E-state index in [1.807, 2.05) is 18.7 Å². The first kappa shape index (κ1) is 14.9.